The molecule has 2 N–H and O–H groups in total. The minimum atomic E-state index is -0.823. The summed E-state index contributed by atoms with van der Waals surface area (Å²) in [6, 6.07) is 7.39. The van der Waals surface area contributed by atoms with Crippen molar-refractivity contribution in [3.8, 4) is 11.8 Å². The molecule has 5 nitrogen and oxygen atoms in total. The third-order valence-electron chi connectivity index (χ3n) is 3.08. The number of nitrogens with one attached hydrogen (secondary N) is 1. The van der Waals surface area contributed by atoms with Gasteiger partial charge in [-0.1, -0.05) is 0 Å². The molecule has 1 aromatic rings. The molecule has 0 fully saturated rings. The molecule has 1 rings (SSSR count). The zero-order valence-corrected chi connectivity index (χ0v) is 12.3. The van der Waals surface area contributed by atoms with Gasteiger partial charge in [0.15, 0.2) is 0 Å². The van der Waals surface area contributed by atoms with Gasteiger partial charge >= 0.3 is 0 Å². The second kappa shape index (κ2) is 7.85. The van der Waals surface area contributed by atoms with Crippen molar-refractivity contribution in [2.45, 2.75) is 25.5 Å². The molecule has 0 aliphatic heterocycles. The molecule has 0 aromatic heterocycles. The summed E-state index contributed by atoms with van der Waals surface area (Å²) in [6.07, 6.45) is 0.561. The topological polar surface area (TPSA) is 74.5 Å². The first kappa shape index (κ1) is 16.4. The van der Waals surface area contributed by atoms with Crippen LogP contribution in [-0.4, -0.2) is 38.1 Å². The molecule has 5 heteroatoms. The van der Waals surface area contributed by atoms with Crippen molar-refractivity contribution < 1.29 is 14.6 Å². The van der Waals surface area contributed by atoms with Crippen LogP contribution < -0.4 is 10.1 Å². The van der Waals surface area contributed by atoms with Gasteiger partial charge in [-0.25, -0.2) is 0 Å². The first-order valence-electron chi connectivity index (χ1n) is 6.51. The summed E-state index contributed by atoms with van der Waals surface area (Å²) >= 11 is 0. The van der Waals surface area contributed by atoms with Gasteiger partial charge in [0, 0.05) is 38.8 Å². The van der Waals surface area contributed by atoms with Crippen LogP contribution in [-0.2, 0) is 11.3 Å². The maximum Gasteiger partial charge on any atom is 0.123 e. The molecule has 0 saturated heterocycles. The van der Waals surface area contributed by atoms with Gasteiger partial charge in [-0.2, -0.15) is 5.26 Å². The maximum atomic E-state index is 10.1. The molecule has 0 bridgehead atoms. The van der Waals surface area contributed by atoms with Crippen LogP contribution in [0.2, 0.25) is 0 Å². The molecule has 1 atom stereocenters. The number of aliphatic hydroxyl groups is 1. The van der Waals surface area contributed by atoms with Crippen LogP contribution in [0.1, 0.15) is 24.5 Å². The Kier molecular flexibility index (Phi) is 6.46. The molecule has 0 heterocycles. The standard InChI is InChI=1S/C15H22N2O3/c1-15(18,6-7-19-2)11-17-10-13-8-12(9-16)4-5-14(13)20-3/h4-5,8,17-18H,6-7,10-11H2,1-3H3. The zero-order valence-electron chi connectivity index (χ0n) is 12.3. The third-order valence-corrected chi connectivity index (χ3v) is 3.08. The van der Waals surface area contributed by atoms with E-state index < -0.39 is 5.60 Å². The Morgan fingerprint density at radius 1 is 1.40 bits per heavy atom. The zero-order chi connectivity index (χ0) is 15.0. The van der Waals surface area contributed by atoms with Gasteiger partial charge in [-0.3, -0.25) is 0 Å². The van der Waals surface area contributed by atoms with Crippen molar-refractivity contribution in [2.75, 3.05) is 27.4 Å². The van der Waals surface area contributed by atoms with E-state index in [-0.39, 0.29) is 0 Å². The fourth-order valence-electron chi connectivity index (χ4n) is 1.86. The highest BCUT2D eigenvalue weighted by atomic mass is 16.5. The first-order valence-corrected chi connectivity index (χ1v) is 6.51. The van der Waals surface area contributed by atoms with E-state index in [4.69, 9.17) is 14.7 Å². The average Bonchev–Trinajstić information content (AvgIpc) is 2.45. The molecular weight excluding hydrogens is 256 g/mol. The SMILES string of the molecule is COCCC(C)(O)CNCc1cc(C#N)ccc1OC. The number of methoxy groups -OCH3 is 2. The van der Waals surface area contributed by atoms with E-state index in [1.165, 1.54) is 0 Å². The van der Waals surface area contributed by atoms with Gasteiger partial charge in [0.2, 0.25) is 0 Å². The predicted molar refractivity (Wildman–Crippen MR) is 76.5 cm³/mol. The lowest BCUT2D eigenvalue weighted by Gasteiger charge is -2.23. The number of rotatable bonds is 8. The largest absolute Gasteiger partial charge is 0.496 e. The first-order chi connectivity index (χ1) is 9.52. The number of hydrogen-bond donors (Lipinski definition) is 2. The van der Waals surface area contributed by atoms with Crippen molar-refractivity contribution in [3.63, 3.8) is 0 Å². The van der Waals surface area contributed by atoms with Crippen LogP contribution in [0.15, 0.2) is 18.2 Å². The fraction of sp³-hybridized carbons (Fsp3) is 0.533. The highest BCUT2D eigenvalue weighted by Crippen LogP contribution is 2.19. The van der Waals surface area contributed by atoms with Crippen molar-refractivity contribution in [1.29, 1.82) is 5.26 Å². The van der Waals surface area contributed by atoms with Crippen LogP contribution in [0.25, 0.3) is 0 Å². The van der Waals surface area contributed by atoms with E-state index in [0.717, 1.165) is 11.3 Å². The van der Waals surface area contributed by atoms with E-state index >= 15 is 0 Å². The Hall–Kier alpha value is -1.61. The molecule has 110 valence electrons. The third kappa shape index (κ3) is 5.17. The van der Waals surface area contributed by atoms with E-state index in [9.17, 15) is 5.11 Å². The molecule has 1 unspecified atom stereocenters. The number of ether oxygens (including phenoxy) is 2. The number of benzene rings is 1. The van der Waals surface area contributed by atoms with Gasteiger partial charge in [0.1, 0.15) is 5.75 Å². The summed E-state index contributed by atoms with van der Waals surface area (Å²) < 4.78 is 10.2. The van der Waals surface area contributed by atoms with Crippen molar-refractivity contribution in [2.24, 2.45) is 0 Å². The van der Waals surface area contributed by atoms with Crippen LogP contribution in [0.4, 0.5) is 0 Å². The van der Waals surface area contributed by atoms with Gasteiger partial charge in [0.25, 0.3) is 0 Å². The van der Waals surface area contributed by atoms with E-state index in [1.54, 1.807) is 39.3 Å². The average molecular weight is 278 g/mol. The second-order valence-electron chi connectivity index (χ2n) is 4.98. The molecule has 1 aromatic carbocycles. The Bertz CT molecular complexity index is 467. The fourth-order valence-corrected chi connectivity index (χ4v) is 1.86. The smallest absolute Gasteiger partial charge is 0.123 e. The van der Waals surface area contributed by atoms with Crippen molar-refractivity contribution in [3.05, 3.63) is 29.3 Å². The Morgan fingerprint density at radius 3 is 2.75 bits per heavy atom. The van der Waals surface area contributed by atoms with Gasteiger partial charge in [-0.15, -0.1) is 0 Å². The maximum absolute atomic E-state index is 10.1. The molecule has 0 aliphatic rings. The predicted octanol–water partition coefficient (Wildman–Crippen LogP) is 1.44. The highest BCUT2D eigenvalue weighted by Gasteiger charge is 2.19. The van der Waals surface area contributed by atoms with E-state index in [1.807, 2.05) is 0 Å². The lowest BCUT2D eigenvalue weighted by Crippen LogP contribution is -2.38. The summed E-state index contributed by atoms with van der Waals surface area (Å²) in [6.45, 7) is 3.25. The van der Waals surface area contributed by atoms with Crippen molar-refractivity contribution >= 4 is 0 Å². The van der Waals surface area contributed by atoms with Crippen molar-refractivity contribution in [1.82, 2.24) is 5.32 Å². The van der Waals surface area contributed by atoms with Gasteiger partial charge in [0.05, 0.1) is 24.3 Å². The summed E-state index contributed by atoms with van der Waals surface area (Å²) in [4.78, 5) is 0. The minimum absolute atomic E-state index is 0.441. The number of nitrogens with zero attached hydrogens (tertiary/aromatic N) is 1. The molecule has 0 saturated carbocycles. The number of hydrogen-bond acceptors (Lipinski definition) is 5. The van der Waals surface area contributed by atoms with Crippen LogP contribution in [0.5, 0.6) is 5.75 Å². The molecule has 0 aliphatic carbocycles. The Balaban J connectivity index is 2.59. The van der Waals surface area contributed by atoms with Crippen LogP contribution in [0.3, 0.4) is 0 Å². The lowest BCUT2D eigenvalue weighted by molar-refractivity contribution is 0.0247. The van der Waals surface area contributed by atoms with Gasteiger partial charge in [-0.05, 0) is 25.1 Å². The Morgan fingerprint density at radius 2 is 2.15 bits per heavy atom. The summed E-state index contributed by atoms with van der Waals surface area (Å²) in [7, 11) is 3.21. The summed E-state index contributed by atoms with van der Waals surface area (Å²) in [5.41, 5.74) is 0.665. The molecule has 0 amide bonds. The lowest BCUT2D eigenvalue weighted by atomic mass is 10.0. The van der Waals surface area contributed by atoms with E-state index in [2.05, 4.69) is 11.4 Å². The summed E-state index contributed by atoms with van der Waals surface area (Å²) in [5, 5.41) is 22.2. The van der Waals surface area contributed by atoms with Gasteiger partial charge < -0.3 is 19.9 Å². The molecule has 0 radical (unpaired) electrons. The minimum Gasteiger partial charge on any atom is -0.496 e. The molecule has 0 spiro atoms. The van der Waals surface area contributed by atoms with Crippen LogP contribution in [0, 0.1) is 11.3 Å². The molecular formula is C15H22N2O3. The quantitative estimate of drug-likeness (QED) is 0.752. The Labute approximate surface area is 120 Å². The second-order valence-corrected chi connectivity index (χ2v) is 4.98. The van der Waals surface area contributed by atoms with E-state index in [0.29, 0.717) is 31.7 Å². The monoisotopic (exact) mass is 278 g/mol. The summed E-state index contributed by atoms with van der Waals surface area (Å²) in [5.74, 6) is 0.730. The normalized spacial score (nSPS) is 13.6. The van der Waals surface area contributed by atoms with Crippen LogP contribution >= 0.6 is 0 Å². The molecule has 20 heavy (non-hydrogen) atoms. The number of nitriles is 1. The highest BCUT2D eigenvalue weighted by molar-refractivity contribution is 5.41.